The molecule has 0 bridgehead atoms. The lowest BCUT2D eigenvalue weighted by Crippen LogP contribution is -2.42. The minimum atomic E-state index is -0.375. The maximum atomic E-state index is 12.7. The van der Waals surface area contributed by atoms with E-state index >= 15 is 0 Å². The Morgan fingerprint density at radius 1 is 1.28 bits per heavy atom. The van der Waals surface area contributed by atoms with E-state index in [4.69, 9.17) is 0 Å². The number of nitrogens with zero attached hydrogens (tertiary/aromatic N) is 1. The van der Waals surface area contributed by atoms with Gasteiger partial charge < -0.3 is 10.2 Å². The summed E-state index contributed by atoms with van der Waals surface area (Å²) in [6.07, 6.45) is 2.88. The highest BCUT2D eigenvalue weighted by molar-refractivity contribution is 5.91. The molecule has 1 aromatic carbocycles. The molecule has 1 aromatic rings. The van der Waals surface area contributed by atoms with Gasteiger partial charge in [0.05, 0.1) is 5.92 Å². The van der Waals surface area contributed by atoms with Crippen molar-refractivity contribution in [2.75, 3.05) is 6.54 Å². The molecule has 4 nitrogen and oxygen atoms in total. The Morgan fingerprint density at radius 2 is 1.96 bits per heavy atom. The molecule has 3 atom stereocenters. The minimum absolute atomic E-state index is 0.0208. The van der Waals surface area contributed by atoms with Crippen molar-refractivity contribution < 1.29 is 9.59 Å². The Hall–Kier alpha value is -2.10. The zero-order valence-electron chi connectivity index (χ0n) is 15.6. The van der Waals surface area contributed by atoms with Gasteiger partial charge in [-0.1, -0.05) is 55.8 Å². The number of benzene rings is 1. The van der Waals surface area contributed by atoms with Gasteiger partial charge in [-0.05, 0) is 37.2 Å². The molecule has 4 heteroatoms. The third-order valence-electron chi connectivity index (χ3n) is 5.54. The van der Waals surface area contributed by atoms with Crippen LogP contribution in [-0.4, -0.2) is 29.3 Å². The number of amides is 2. The maximum absolute atomic E-state index is 12.7. The fourth-order valence-corrected chi connectivity index (χ4v) is 3.94. The van der Waals surface area contributed by atoms with Crippen LogP contribution in [0.15, 0.2) is 42.0 Å². The Labute approximate surface area is 150 Å². The van der Waals surface area contributed by atoms with Gasteiger partial charge in [-0.15, -0.1) is 0 Å². The van der Waals surface area contributed by atoms with E-state index in [2.05, 4.69) is 39.1 Å². The molecule has 1 saturated carbocycles. The zero-order chi connectivity index (χ0) is 18.2. The van der Waals surface area contributed by atoms with Crippen LogP contribution in [0, 0.1) is 17.3 Å². The van der Waals surface area contributed by atoms with Crippen molar-refractivity contribution in [3.05, 3.63) is 47.5 Å². The van der Waals surface area contributed by atoms with E-state index in [1.54, 1.807) is 0 Å². The number of hydrogen-bond acceptors (Lipinski definition) is 2. The molecule has 2 fully saturated rings. The Balaban J connectivity index is 1.58. The second kappa shape index (κ2) is 6.66. The molecule has 0 radical (unpaired) electrons. The topological polar surface area (TPSA) is 49.4 Å². The number of hydrogen-bond donors (Lipinski definition) is 1. The molecule has 1 aliphatic heterocycles. The molecular weight excluding hydrogens is 312 g/mol. The van der Waals surface area contributed by atoms with Gasteiger partial charge in [0, 0.05) is 13.1 Å². The summed E-state index contributed by atoms with van der Waals surface area (Å²) in [6, 6.07) is 9.60. The number of nitrogens with one attached hydrogen (secondary N) is 1. The van der Waals surface area contributed by atoms with Gasteiger partial charge in [0.2, 0.25) is 11.8 Å². The third-order valence-corrected chi connectivity index (χ3v) is 5.54. The first-order valence-corrected chi connectivity index (χ1v) is 9.09. The van der Waals surface area contributed by atoms with E-state index in [0.29, 0.717) is 19.5 Å². The molecule has 1 aliphatic carbocycles. The summed E-state index contributed by atoms with van der Waals surface area (Å²) < 4.78 is 0. The van der Waals surface area contributed by atoms with Crippen LogP contribution >= 0.6 is 0 Å². The molecule has 2 aliphatic rings. The molecule has 0 aromatic heterocycles. The van der Waals surface area contributed by atoms with Crippen molar-refractivity contribution in [3.8, 4) is 0 Å². The highest BCUT2D eigenvalue weighted by Crippen LogP contribution is 2.59. The highest BCUT2D eigenvalue weighted by atomic mass is 16.2. The quantitative estimate of drug-likeness (QED) is 0.837. The van der Waals surface area contributed by atoms with Crippen LogP contribution in [-0.2, 0) is 16.1 Å². The molecular formula is C21H28N2O2. The Morgan fingerprint density at radius 3 is 2.60 bits per heavy atom. The lowest BCUT2D eigenvalue weighted by molar-refractivity contribution is -0.133. The predicted octanol–water partition coefficient (Wildman–Crippen LogP) is 3.14. The van der Waals surface area contributed by atoms with Gasteiger partial charge in [-0.2, -0.15) is 0 Å². The number of allylic oxidation sites excluding steroid dienone is 2. The number of carbonyl (C=O) groups is 2. The lowest BCUT2D eigenvalue weighted by atomic mass is 10.1. The van der Waals surface area contributed by atoms with Crippen LogP contribution in [0.5, 0.6) is 0 Å². The first-order valence-electron chi connectivity index (χ1n) is 9.09. The van der Waals surface area contributed by atoms with E-state index in [-0.39, 0.29) is 35.1 Å². The van der Waals surface area contributed by atoms with Gasteiger partial charge in [-0.3, -0.25) is 9.59 Å². The molecule has 134 valence electrons. The summed E-state index contributed by atoms with van der Waals surface area (Å²) >= 11 is 0. The number of carbonyl (C=O) groups excluding carboxylic acids is 2. The number of rotatable bonds is 5. The molecule has 25 heavy (non-hydrogen) atoms. The largest absolute Gasteiger partial charge is 0.344 e. The molecule has 2 amide bonds. The first-order chi connectivity index (χ1) is 11.8. The second-order valence-electron chi connectivity index (χ2n) is 8.16. The zero-order valence-corrected chi connectivity index (χ0v) is 15.6. The van der Waals surface area contributed by atoms with Crippen LogP contribution in [0.2, 0.25) is 0 Å². The van der Waals surface area contributed by atoms with E-state index in [1.165, 1.54) is 5.57 Å². The van der Waals surface area contributed by atoms with Crippen molar-refractivity contribution in [2.24, 2.45) is 17.3 Å². The molecule has 1 N–H and O–H groups in total. The summed E-state index contributed by atoms with van der Waals surface area (Å²) in [5.41, 5.74) is 2.33. The van der Waals surface area contributed by atoms with Crippen molar-refractivity contribution in [1.29, 1.82) is 0 Å². The predicted molar refractivity (Wildman–Crippen MR) is 98.6 cm³/mol. The van der Waals surface area contributed by atoms with E-state index in [0.717, 1.165) is 5.56 Å². The summed E-state index contributed by atoms with van der Waals surface area (Å²) in [7, 11) is 0. The van der Waals surface area contributed by atoms with Crippen LogP contribution in [0.1, 0.15) is 39.7 Å². The maximum Gasteiger partial charge on any atom is 0.245 e. The van der Waals surface area contributed by atoms with Crippen molar-refractivity contribution >= 4 is 11.8 Å². The van der Waals surface area contributed by atoms with E-state index < -0.39 is 0 Å². The number of likely N-dealkylation sites (tertiary alicyclic amines) is 1. The summed E-state index contributed by atoms with van der Waals surface area (Å²) in [4.78, 5) is 27.1. The van der Waals surface area contributed by atoms with E-state index in [1.807, 2.05) is 35.2 Å². The van der Waals surface area contributed by atoms with Crippen molar-refractivity contribution in [1.82, 2.24) is 10.2 Å². The van der Waals surface area contributed by atoms with Gasteiger partial charge >= 0.3 is 0 Å². The van der Waals surface area contributed by atoms with Crippen LogP contribution in [0.25, 0.3) is 0 Å². The normalized spacial score (nSPS) is 27.1. The van der Waals surface area contributed by atoms with Crippen LogP contribution < -0.4 is 5.32 Å². The van der Waals surface area contributed by atoms with E-state index in [9.17, 15) is 9.59 Å². The smallest absolute Gasteiger partial charge is 0.245 e. The molecule has 3 rings (SSSR count). The van der Waals surface area contributed by atoms with Crippen molar-refractivity contribution in [2.45, 2.75) is 46.7 Å². The average Bonchev–Trinajstić information content (AvgIpc) is 2.92. The lowest BCUT2D eigenvalue weighted by Gasteiger charge is -2.17. The molecule has 0 spiro atoms. The molecule has 1 saturated heterocycles. The standard InChI is InChI=1S/C21H28N2O2/c1-14(2)12-16-18(21(16,3)4)19(24)22-17-10-11-23(20(17)25)13-15-8-6-5-7-9-15/h5-9,12,16-18H,10-11,13H2,1-4H3,(H,22,24)/t16-,17-,18-/m1/s1. The minimum Gasteiger partial charge on any atom is -0.344 e. The highest BCUT2D eigenvalue weighted by Gasteiger charge is 2.60. The summed E-state index contributed by atoms with van der Waals surface area (Å²) in [5.74, 6) is 0.301. The molecule has 1 heterocycles. The fourth-order valence-electron chi connectivity index (χ4n) is 3.94. The van der Waals surface area contributed by atoms with Crippen molar-refractivity contribution in [3.63, 3.8) is 0 Å². The second-order valence-corrected chi connectivity index (χ2v) is 8.16. The van der Waals surface area contributed by atoms with Gasteiger partial charge in [0.15, 0.2) is 0 Å². The molecule has 0 unspecified atom stereocenters. The Kier molecular flexibility index (Phi) is 4.72. The first kappa shape index (κ1) is 17.7. The van der Waals surface area contributed by atoms with Crippen LogP contribution in [0.4, 0.5) is 0 Å². The van der Waals surface area contributed by atoms with Gasteiger partial charge in [0.25, 0.3) is 0 Å². The van der Waals surface area contributed by atoms with Gasteiger partial charge in [0.1, 0.15) is 6.04 Å². The monoisotopic (exact) mass is 340 g/mol. The SMILES string of the molecule is CC(C)=C[C@@H]1[C@H](C(=O)N[C@@H]2CCN(Cc3ccccc3)C2=O)C1(C)C. The summed E-state index contributed by atoms with van der Waals surface area (Å²) in [5, 5.41) is 3.01. The Bertz CT molecular complexity index is 689. The third kappa shape index (κ3) is 3.63. The van der Waals surface area contributed by atoms with Crippen LogP contribution in [0.3, 0.4) is 0 Å². The van der Waals surface area contributed by atoms with Gasteiger partial charge in [-0.25, -0.2) is 0 Å². The average molecular weight is 340 g/mol. The fraction of sp³-hybridized carbons (Fsp3) is 0.524. The summed E-state index contributed by atoms with van der Waals surface area (Å²) in [6.45, 7) is 9.68.